The molecule has 17 heavy (non-hydrogen) atoms. The number of thiophene rings is 1. The maximum absolute atomic E-state index is 5.81. The molecule has 2 N–H and O–H groups in total. The lowest BCUT2D eigenvalue weighted by Crippen LogP contribution is -1.97. The van der Waals surface area contributed by atoms with Gasteiger partial charge in [-0.05, 0) is 47.5 Å². The minimum atomic E-state index is 0.446. The number of rotatable bonds is 4. The summed E-state index contributed by atoms with van der Waals surface area (Å²) < 4.78 is 5.81. The molecule has 0 atom stereocenters. The van der Waals surface area contributed by atoms with Gasteiger partial charge in [-0.3, -0.25) is 0 Å². The predicted molar refractivity (Wildman–Crippen MR) is 71.3 cm³/mol. The summed E-state index contributed by atoms with van der Waals surface area (Å²) in [6.07, 6.45) is 2.83. The molecule has 3 heteroatoms. The molecular weight excluding hydrogens is 230 g/mol. The van der Waals surface area contributed by atoms with Gasteiger partial charge in [-0.1, -0.05) is 12.1 Å². The molecule has 1 saturated carbocycles. The molecule has 0 bridgehead atoms. The largest absolute Gasteiger partial charge is 0.490 e. The van der Waals surface area contributed by atoms with E-state index in [1.165, 1.54) is 28.8 Å². The van der Waals surface area contributed by atoms with Crippen LogP contribution in [0.4, 0.5) is 0 Å². The van der Waals surface area contributed by atoms with Crippen molar-refractivity contribution in [3.8, 4) is 16.9 Å². The minimum Gasteiger partial charge on any atom is -0.490 e. The molecule has 0 unspecified atom stereocenters. The first kappa shape index (κ1) is 10.8. The van der Waals surface area contributed by atoms with Crippen LogP contribution >= 0.6 is 11.3 Å². The van der Waals surface area contributed by atoms with E-state index in [0.717, 1.165) is 5.75 Å². The van der Waals surface area contributed by atoms with Gasteiger partial charge in [0.05, 0.1) is 6.10 Å². The minimum absolute atomic E-state index is 0.446. The summed E-state index contributed by atoms with van der Waals surface area (Å²) in [5.41, 5.74) is 8.17. The standard InChI is InChI=1S/C14H15NOS/c15-9-14-13(6-7-17-14)10-2-1-3-12(8-10)16-11-4-5-11/h1-3,6-8,11H,4-5,9,15H2. The summed E-state index contributed by atoms with van der Waals surface area (Å²) >= 11 is 1.71. The van der Waals surface area contributed by atoms with E-state index in [9.17, 15) is 0 Å². The van der Waals surface area contributed by atoms with E-state index in [1.54, 1.807) is 11.3 Å². The van der Waals surface area contributed by atoms with Crippen LogP contribution in [0, 0.1) is 0 Å². The lowest BCUT2D eigenvalue weighted by molar-refractivity contribution is 0.303. The molecule has 1 heterocycles. The Hall–Kier alpha value is -1.32. The Labute approximate surface area is 105 Å². The monoisotopic (exact) mass is 245 g/mol. The van der Waals surface area contributed by atoms with Crippen molar-refractivity contribution in [2.75, 3.05) is 0 Å². The zero-order valence-corrected chi connectivity index (χ0v) is 10.4. The van der Waals surface area contributed by atoms with Crippen molar-refractivity contribution in [3.63, 3.8) is 0 Å². The van der Waals surface area contributed by atoms with Crippen LogP contribution in [0.25, 0.3) is 11.1 Å². The molecule has 1 fully saturated rings. The molecule has 3 rings (SSSR count). The van der Waals surface area contributed by atoms with Crippen molar-refractivity contribution >= 4 is 11.3 Å². The summed E-state index contributed by atoms with van der Waals surface area (Å²) in [7, 11) is 0. The summed E-state index contributed by atoms with van der Waals surface area (Å²) in [4.78, 5) is 1.23. The van der Waals surface area contributed by atoms with Gasteiger partial charge >= 0.3 is 0 Å². The van der Waals surface area contributed by atoms with Gasteiger partial charge in [-0.25, -0.2) is 0 Å². The van der Waals surface area contributed by atoms with Crippen LogP contribution in [0.3, 0.4) is 0 Å². The van der Waals surface area contributed by atoms with Crippen LogP contribution < -0.4 is 10.5 Å². The molecule has 1 aromatic carbocycles. The van der Waals surface area contributed by atoms with Crippen molar-refractivity contribution in [2.45, 2.75) is 25.5 Å². The van der Waals surface area contributed by atoms with Crippen LogP contribution in [-0.4, -0.2) is 6.10 Å². The Bertz CT molecular complexity index is 516. The van der Waals surface area contributed by atoms with Crippen molar-refractivity contribution < 1.29 is 4.74 Å². The van der Waals surface area contributed by atoms with E-state index in [4.69, 9.17) is 10.5 Å². The third kappa shape index (κ3) is 2.35. The number of ether oxygens (including phenoxy) is 1. The SMILES string of the molecule is NCc1sccc1-c1cccc(OC2CC2)c1. The summed E-state index contributed by atoms with van der Waals surface area (Å²) in [6.45, 7) is 0.598. The van der Waals surface area contributed by atoms with Crippen molar-refractivity contribution in [2.24, 2.45) is 5.73 Å². The highest BCUT2D eigenvalue weighted by molar-refractivity contribution is 7.10. The Morgan fingerprint density at radius 2 is 2.18 bits per heavy atom. The fraction of sp³-hybridized carbons (Fsp3) is 0.286. The molecule has 88 valence electrons. The third-order valence-corrected chi connectivity index (χ3v) is 3.85. The zero-order chi connectivity index (χ0) is 11.7. The van der Waals surface area contributed by atoms with Gasteiger partial charge in [0, 0.05) is 11.4 Å². The molecule has 1 aliphatic carbocycles. The van der Waals surface area contributed by atoms with Gasteiger partial charge in [0.15, 0.2) is 0 Å². The highest BCUT2D eigenvalue weighted by atomic mass is 32.1. The molecule has 1 aliphatic rings. The highest BCUT2D eigenvalue weighted by Gasteiger charge is 2.23. The fourth-order valence-electron chi connectivity index (χ4n) is 1.87. The van der Waals surface area contributed by atoms with Crippen LogP contribution in [-0.2, 0) is 6.54 Å². The van der Waals surface area contributed by atoms with Crippen LogP contribution in [0.1, 0.15) is 17.7 Å². The molecule has 0 spiro atoms. The summed E-state index contributed by atoms with van der Waals surface area (Å²) in [5, 5.41) is 2.09. The summed E-state index contributed by atoms with van der Waals surface area (Å²) in [5.74, 6) is 0.971. The second-order valence-corrected chi connectivity index (χ2v) is 5.31. The Morgan fingerprint density at radius 3 is 2.94 bits per heavy atom. The number of nitrogens with two attached hydrogens (primary N) is 1. The second kappa shape index (κ2) is 4.51. The maximum Gasteiger partial charge on any atom is 0.120 e. The highest BCUT2D eigenvalue weighted by Crippen LogP contribution is 2.32. The van der Waals surface area contributed by atoms with E-state index >= 15 is 0 Å². The topological polar surface area (TPSA) is 35.2 Å². The average Bonchev–Trinajstić information content (AvgIpc) is 3.04. The lowest BCUT2D eigenvalue weighted by atomic mass is 10.1. The maximum atomic E-state index is 5.81. The molecule has 0 saturated heterocycles. The number of hydrogen-bond donors (Lipinski definition) is 1. The van der Waals surface area contributed by atoms with Gasteiger partial charge < -0.3 is 10.5 Å². The lowest BCUT2D eigenvalue weighted by Gasteiger charge is -2.07. The normalized spacial score (nSPS) is 14.9. The van der Waals surface area contributed by atoms with E-state index in [2.05, 4.69) is 23.6 Å². The smallest absolute Gasteiger partial charge is 0.120 e. The molecule has 0 aliphatic heterocycles. The molecule has 0 amide bonds. The molecule has 0 radical (unpaired) electrons. The van der Waals surface area contributed by atoms with Crippen LogP contribution in [0.5, 0.6) is 5.75 Å². The third-order valence-electron chi connectivity index (χ3n) is 2.90. The first-order valence-corrected chi connectivity index (χ1v) is 6.78. The van der Waals surface area contributed by atoms with Gasteiger partial charge in [0.2, 0.25) is 0 Å². The van der Waals surface area contributed by atoms with Gasteiger partial charge in [0.1, 0.15) is 5.75 Å². The fourth-order valence-corrected chi connectivity index (χ4v) is 2.65. The molecule has 2 nitrogen and oxygen atoms in total. The first-order chi connectivity index (χ1) is 8.36. The molecule has 1 aromatic heterocycles. The van der Waals surface area contributed by atoms with E-state index < -0.39 is 0 Å². The Balaban J connectivity index is 1.91. The van der Waals surface area contributed by atoms with Gasteiger partial charge in [0.25, 0.3) is 0 Å². The van der Waals surface area contributed by atoms with Gasteiger partial charge in [-0.2, -0.15) is 0 Å². The van der Waals surface area contributed by atoms with Crippen molar-refractivity contribution in [3.05, 3.63) is 40.6 Å². The zero-order valence-electron chi connectivity index (χ0n) is 9.56. The molecule has 2 aromatic rings. The van der Waals surface area contributed by atoms with Crippen molar-refractivity contribution in [1.82, 2.24) is 0 Å². The summed E-state index contributed by atoms with van der Waals surface area (Å²) in [6, 6.07) is 10.4. The second-order valence-electron chi connectivity index (χ2n) is 4.31. The van der Waals surface area contributed by atoms with E-state index in [0.29, 0.717) is 12.6 Å². The Kier molecular flexibility index (Phi) is 2.87. The van der Waals surface area contributed by atoms with E-state index in [-0.39, 0.29) is 0 Å². The van der Waals surface area contributed by atoms with E-state index in [1.807, 2.05) is 12.1 Å². The first-order valence-electron chi connectivity index (χ1n) is 5.90. The van der Waals surface area contributed by atoms with Gasteiger partial charge in [-0.15, -0.1) is 11.3 Å². The van der Waals surface area contributed by atoms with Crippen LogP contribution in [0.2, 0.25) is 0 Å². The number of benzene rings is 1. The average molecular weight is 245 g/mol. The quantitative estimate of drug-likeness (QED) is 0.895. The van der Waals surface area contributed by atoms with Crippen LogP contribution in [0.15, 0.2) is 35.7 Å². The molecular formula is C14H15NOS. The predicted octanol–water partition coefficient (Wildman–Crippen LogP) is 3.42. The number of hydrogen-bond acceptors (Lipinski definition) is 3. The Morgan fingerprint density at radius 1 is 1.29 bits per heavy atom. The van der Waals surface area contributed by atoms with Crippen molar-refractivity contribution in [1.29, 1.82) is 0 Å².